The molecule has 0 radical (unpaired) electrons. The maximum Gasteiger partial charge on any atom is 0.00558 e. The number of thioether (sulfide) groups is 1. The van der Waals surface area contributed by atoms with E-state index in [1.54, 1.807) is 0 Å². The van der Waals surface area contributed by atoms with E-state index in [0.717, 1.165) is 12.3 Å². The van der Waals surface area contributed by atoms with Crippen LogP contribution in [0.2, 0.25) is 0 Å². The Morgan fingerprint density at radius 2 is 1.14 bits per heavy atom. The fourth-order valence-corrected chi connectivity index (χ4v) is 3.42. The lowest BCUT2D eigenvalue weighted by Gasteiger charge is -2.01. The second-order valence-corrected chi connectivity index (χ2v) is 7.56. The van der Waals surface area contributed by atoms with Gasteiger partial charge in [0.15, 0.2) is 0 Å². The van der Waals surface area contributed by atoms with Crippen LogP contribution < -0.4 is 5.73 Å². The Bertz CT molecular complexity index is 216. The van der Waals surface area contributed by atoms with E-state index in [1.807, 2.05) is 11.8 Å². The topological polar surface area (TPSA) is 26.0 Å². The average Bonchev–Trinajstić information content (AvgIpc) is 2.54. The highest BCUT2D eigenvalue weighted by molar-refractivity contribution is 7.99. The van der Waals surface area contributed by atoms with Crippen LogP contribution in [-0.4, -0.2) is 18.1 Å². The van der Waals surface area contributed by atoms with E-state index in [4.69, 9.17) is 5.73 Å². The molecule has 0 saturated carbocycles. The molecule has 1 nitrogen and oxygen atoms in total. The van der Waals surface area contributed by atoms with Gasteiger partial charge < -0.3 is 5.73 Å². The van der Waals surface area contributed by atoms with Gasteiger partial charge in [0, 0.05) is 12.3 Å². The molecule has 0 atom stereocenters. The molecule has 2 N–H and O–H groups in total. The molecule has 22 heavy (non-hydrogen) atoms. The number of nitrogens with two attached hydrogens (primary N) is 1. The van der Waals surface area contributed by atoms with Gasteiger partial charge in [-0.1, -0.05) is 76.9 Å². The van der Waals surface area contributed by atoms with Crippen molar-refractivity contribution in [3.8, 4) is 0 Å². The molecule has 0 spiro atoms. The van der Waals surface area contributed by atoms with Gasteiger partial charge in [-0.3, -0.25) is 0 Å². The summed E-state index contributed by atoms with van der Waals surface area (Å²) in [6, 6.07) is 0. The Labute approximate surface area is 144 Å². The molecule has 0 aliphatic heterocycles. The molecule has 0 amide bonds. The van der Waals surface area contributed by atoms with Gasteiger partial charge in [-0.2, -0.15) is 11.8 Å². The van der Waals surface area contributed by atoms with Crippen molar-refractivity contribution >= 4 is 11.8 Å². The lowest BCUT2D eigenvalue weighted by Crippen LogP contribution is -2.01. The van der Waals surface area contributed by atoms with Crippen LogP contribution in [0.3, 0.4) is 0 Å². The highest BCUT2D eigenvalue weighted by Crippen LogP contribution is 2.11. The summed E-state index contributed by atoms with van der Waals surface area (Å²) in [5.41, 5.74) is 5.47. The predicted octanol–water partition coefficient (Wildman–Crippen LogP) is 6.72. The molecule has 132 valence electrons. The van der Waals surface area contributed by atoms with Gasteiger partial charge in [-0.15, -0.1) is 0 Å². The van der Waals surface area contributed by atoms with Crippen LogP contribution in [0.1, 0.15) is 96.8 Å². The zero-order valence-corrected chi connectivity index (χ0v) is 16.0. The minimum Gasteiger partial charge on any atom is -0.330 e. The largest absolute Gasteiger partial charge is 0.330 e. The molecule has 0 fully saturated rings. The number of unbranched alkanes of at least 4 members (excludes halogenated alkanes) is 12. The van der Waals surface area contributed by atoms with Gasteiger partial charge in [0.2, 0.25) is 0 Å². The van der Waals surface area contributed by atoms with Crippen LogP contribution in [-0.2, 0) is 0 Å². The molecule has 0 rings (SSSR count). The van der Waals surface area contributed by atoms with Crippen molar-refractivity contribution < 1.29 is 0 Å². The Kier molecular flexibility index (Phi) is 21.1. The van der Waals surface area contributed by atoms with Crippen LogP contribution >= 0.6 is 11.8 Å². The molecular formula is C20H41NS. The summed E-state index contributed by atoms with van der Waals surface area (Å²) in [5.74, 6) is 2.43. The lowest BCUT2D eigenvalue weighted by atomic mass is 10.1. The van der Waals surface area contributed by atoms with Gasteiger partial charge in [-0.25, -0.2) is 0 Å². The van der Waals surface area contributed by atoms with Crippen LogP contribution in [0.15, 0.2) is 12.2 Å². The van der Waals surface area contributed by atoms with E-state index in [1.165, 1.54) is 95.6 Å². The zero-order chi connectivity index (χ0) is 16.1. The fourth-order valence-electron chi connectivity index (χ4n) is 2.64. The summed E-state index contributed by atoms with van der Waals surface area (Å²) < 4.78 is 0. The number of allylic oxidation sites excluding steroid dienone is 2. The number of rotatable bonds is 18. The predicted molar refractivity (Wildman–Crippen MR) is 106 cm³/mol. The van der Waals surface area contributed by atoms with Gasteiger partial charge in [0.25, 0.3) is 0 Å². The van der Waals surface area contributed by atoms with Crippen LogP contribution in [0.5, 0.6) is 0 Å². The summed E-state index contributed by atoms with van der Waals surface area (Å²) in [4.78, 5) is 0. The quantitative estimate of drug-likeness (QED) is 0.223. The Morgan fingerprint density at radius 3 is 1.68 bits per heavy atom. The summed E-state index contributed by atoms with van der Waals surface area (Å²) in [7, 11) is 0. The molecule has 0 aliphatic carbocycles. The van der Waals surface area contributed by atoms with E-state index < -0.39 is 0 Å². The highest BCUT2D eigenvalue weighted by atomic mass is 32.2. The maximum absolute atomic E-state index is 5.47. The summed E-state index contributed by atoms with van der Waals surface area (Å²) in [6.45, 7) is 3.11. The summed E-state index contributed by atoms with van der Waals surface area (Å²) in [6.07, 6.45) is 24.3. The van der Waals surface area contributed by atoms with Gasteiger partial charge >= 0.3 is 0 Å². The van der Waals surface area contributed by atoms with Crippen LogP contribution in [0.4, 0.5) is 0 Å². The van der Waals surface area contributed by atoms with E-state index in [2.05, 4.69) is 19.1 Å². The minimum absolute atomic E-state index is 0.830. The first-order chi connectivity index (χ1) is 10.9. The standard InChI is InChI=1S/C20H41NS/c1-2-3-4-5-6-7-8-9-10-11-12-13-14-15-16-17-19-22-20-18-21/h9-10H,2-8,11-21H2,1H3/b10-9-. The molecule has 0 aromatic carbocycles. The Hall–Kier alpha value is 0.0500. The van der Waals surface area contributed by atoms with Gasteiger partial charge in [-0.05, 0) is 37.9 Å². The SMILES string of the molecule is CCCCCCCC/C=C\CCCCCCCCSCCN. The molecule has 0 saturated heterocycles. The molecular weight excluding hydrogens is 286 g/mol. The highest BCUT2D eigenvalue weighted by Gasteiger charge is 1.92. The molecule has 0 bridgehead atoms. The van der Waals surface area contributed by atoms with Crippen molar-refractivity contribution in [2.24, 2.45) is 5.73 Å². The third-order valence-corrected chi connectivity index (χ3v) is 5.16. The third kappa shape index (κ3) is 20.1. The van der Waals surface area contributed by atoms with Gasteiger partial charge in [0.1, 0.15) is 0 Å². The lowest BCUT2D eigenvalue weighted by molar-refractivity contribution is 0.607. The second-order valence-electron chi connectivity index (χ2n) is 6.34. The third-order valence-electron chi connectivity index (χ3n) is 4.06. The molecule has 0 unspecified atom stereocenters. The van der Waals surface area contributed by atoms with E-state index in [0.29, 0.717) is 0 Å². The van der Waals surface area contributed by atoms with Crippen molar-refractivity contribution in [2.45, 2.75) is 96.8 Å². The maximum atomic E-state index is 5.47. The number of hydrogen-bond donors (Lipinski definition) is 1. The van der Waals surface area contributed by atoms with E-state index >= 15 is 0 Å². The smallest absolute Gasteiger partial charge is 0.00558 e. The van der Waals surface area contributed by atoms with Crippen molar-refractivity contribution in [3.05, 3.63) is 12.2 Å². The van der Waals surface area contributed by atoms with Crippen molar-refractivity contribution in [1.29, 1.82) is 0 Å². The van der Waals surface area contributed by atoms with Crippen molar-refractivity contribution in [3.63, 3.8) is 0 Å². The molecule has 0 aromatic heterocycles. The first-order valence-electron chi connectivity index (χ1n) is 9.84. The first-order valence-corrected chi connectivity index (χ1v) is 11.0. The Morgan fingerprint density at radius 1 is 0.636 bits per heavy atom. The Balaban J connectivity index is 3.02. The molecule has 0 aliphatic rings. The van der Waals surface area contributed by atoms with Crippen LogP contribution in [0.25, 0.3) is 0 Å². The minimum atomic E-state index is 0.830. The van der Waals surface area contributed by atoms with Gasteiger partial charge in [0.05, 0.1) is 0 Å². The summed E-state index contributed by atoms with van der Waals surface area (Å²) >= 11 is 2.01. The first kappa shape index (κ1) is 22.1. The monoisotopic (exact) mass is 327 g/mol. The second kappa shape index (κ2) is 21.0. The van der Waals surface area contributed by atoms with Crippen LogP contribution in [0, 0.1) is 0 Å². The number of hydrogen-bond acceptors (Lipinski definition) is 2. The van der Waals surface area contributed by atoms with E-state index in [9.17, 15) is 0 Å². The van der Waals surface area contributed by atoms with Crippen molar-refractivity contribution in [2.75, 3.05) is 18.1 Å². The average molecular weight is 328 g/mol. The molecule has 0 heterocycles. The fraction of sp³-hybridized carbons (Fsp3) is 0.900. The summed E-state index contributed by atoms with van der Waals surface area (Å²) in [5, 5.41) is 0. The zero-order valence-electron chi connectivity index (χ0n) is 15.2. The molecule has 2 heteroatoms. The normalized spacial score (nSPS) is 11.5. The van der Waals surface area contributed by atoms with E-state index in [-0.39, 0.29) is 0 Å². The van der Waals surface area contributed by atoms with Crippen molar-refractivity contribution in [1.82, 2.24) is 0 Å². The molecule has 0 aromatic rings.